The molecule has 6 rings (SSSR count). The number of anilines is 2. The number of thioether (sulfide) groups is 1. The second-order valence-corrected chi connectivity index (χ2v) is 14.5. The minimum absolute atomic E-state index is 0.256. The number of amides is 1. The summed E-state index contributed by atoms with van der Waals surface area (Å²) in [6, 6.07) is 24.8. The lowest BCUT2D eigenvalue weighted by Crippen LogP contribution is -2.31. The van der Waals surface area contributed by atoms with Gasteiger partial charge in [0.15, 0.2) is 11.5 Å². The molecule has 1 aliphatic rings. The van der Waals surface area contributed by atoms with Crippen LogP contribution in [-0.2, 0) is 17.2 Å². The number of hydrogen-bond acceptors (Lipinski definition) is 7. The van der Waals surface area contributed by atoms with Gasteiger partial charge in [-0.25, -0.2) is 4.68 Å². The van der Waals surface area contributed by atoms with Crippen molar-refractivity contribution < 1.29 is 14.3 Å². The molecule has 1 amide bonds. The van der Waals surface area contributed by atoms with Gasteiger partial charge < -0.3 is 20.1 Å². The molecule has 4 aromatic carbocycles. The number of nitrogens with one attached hydrogen (secondary N) is 2. The van der Waals surface area contributed by atoms with Crippen molar-refractivity contribution in [1.82, 2.24) is 14.8 Å². The molecule has 246 valence electrons. The molecule has 48 heavy (non-hydrogen) atoms. The first-order chi connectivity index (χ1) is 23.1. The fourth-order valence-corrected chi connectivity index (χ4v) is 7.65. The summed E-state index contributed by atoms with van der Waals surface area (Å²) in [6.07, 6.45) is 0. The fourth-order valence-electron chi connectivity index (χ4n) is 5.52. The Labute approximate surface area is 305 Å². The number of allylic oxidation sites excluding steroid dienone is 1. The predicted molar refractivity (Wildman–Crippen MR) is 199 cm³/mol. The van der Waals surface area contributed by atoms with Gasteiger partial charge in [-0.2, -0.15) is 4.98 Å². The Morgan fingerprint density at radius 3 is 2.60 bits per heavy atom. The van der Waals surface area contributed by atoms with Gasteiger partial charge in [-0.1, -0.05) is 87.3 Å². The topological polar surface area (TPSA) is 90.3 Å². The van der Waals surface area contributed by atoms with E-state index in [9.17, 15) is 4.79 Å². The molecule has 1 aliphatic heterocycles. The van der Waals surface area contributed by atoms with E-state index in [1.54, 1.807) is 11.8 Å². The molecule has 0 aliphatic carbocycles. The number of methoxy groups -OCH3 is 1. The summed E-state index contributed by atoms with van der Waals surface area (Å²) in [4.78, 5) is 19.0. The van der Waals surface area contributed by atoms with Crippen molar-refractivity contribution >= 4 is 72.8 Å². The minimum Gasteiger partial charge on any atom is -0.493 e. The zero-order chi connectivity index (χ0) is 33.9. The molecule has 0 saturated heterocycles. The molecule has 1 atom stereocenters. The lowest BCUT2D eigenvalue weighted by atomic mass is 9.94. The van der Waals surface area contributed by atoms with E-state index in [0.29, 0.717) is 55.7 Å². The molecule has 12 heteroatoms. The van der Waals surface area contributed by atoms with E-state index < -0.39 is 6.04 Å². The highest BCUT2D eigenvalue weighted by Gasteiger charge is 2.35. The Morgan fingerprint density at radius 1 is 1.04 bits per heavy atom. The molecule has 0 bridgehead atoms. The monoisotopic (exact) mass is 807 g/mol. The highest BCUT2D eigenvalue weighted by atomic mass is 79.9. The number of rotatable bonds is 10. The maximum atomic E-state index is 14.2. The first-order valence-electron chi connectivity index (χ1n) is 15.0. The van der Waals surface area contributed by atoms with E-state index in [0.717, 1.165) is 38.0 Å². The van der Waals surface area contributed by atoms with Crippen molar-refractivity contribution in [3.63, 3.8) is 0 Å². The van der Waals surface area contributed by atoms with Gasteiger partial charge in [-0.15, -0.1) is 5.10 Å². The van der Waals surface area contributed by atoms with Crippen LogP contribution in [0.3, 0.4) is 0 Å². The Bertz CT molecular complexity index is 2050. The molecule has 2 N–H and O–H groups in total. The van der Waals surface area contributed by atoms with Crippen LogP contribution < -0.4 is 20.1 Å². The third-order valence-corrected chi connectivity index (χ3v) is 10.2. The van der Waals surface area contributed by atoms with Crippen molar-refractivity contribution in [2.45, 2.75) is 44.3 Å². The number of hydrogen-bond donors (Lipinski definition) is 2. The zero-order valence-corrected chi connectivity index (χ0v) is 31.4. The highest BCUT2D eigenvalue weighted by molar-refractivity contribution is 9.10. The molecule has 0 fully saturated rings. The molecule has 0 spiro atoms. The van der Waals surface area contributed by atoms with Crippen LogP contribution in [0, 0.1) is 13.8 Å². The standard InChI is InChI=1S/C36H32Br2ClN5O3S/c1-20-12-13-29(21(2)14-20)41-34(45)31-22(3)40-35-42-36(48-19-24-9-5-6-11-28(24)39)43-44(35)32(31)25-16-27(38)33(30(17-25)46-4)47-18-23-8-7-10-26(37)15-23/h5-17,32H,18-19H2,1-4H3,(H,41,45)(H,40,42,43). The lowest BCUT2D eigenvalue weighted by molar-refractivity contribution is -0.113. The summed E-state index contributed by atoms with van der Waals surface area (Å²) in [5, 5.41) is 12.6. The summed E-state index contributed by atoms with van der Waals surface area (Å²) >= 11 is 15.1. The van der Waals surface area contributed by atoms with Crippen molar-refractivity contribution in [2.75, 3.05) is 17.7 Å². The second kappa shape index (κ2) is 14.8. The van der Waals surface area contributed by atoms with E-state index in [-0.39, 0.29) is 5.91 Å². The first-order valence-corrected chi connectivity index (χ1v) is 18.0. The van der Waals surface area contributed by atoms with Gasteiger partial charge in [0, 0.05) is 26.6 Å². The number of benzene rings is 4. The van der Waals surface area contributed by atoms with Crippen LogP contribution >= 0.6 is 55.2 Å². The second-order valence-electron chi connectivity index (χ2n) is 11.3. The van der Waals surface area contributed by atoms with E-state index in [1.807, 2.05) is 99.6 Å². The third kappa shape index (κ3) is 7.44. The van der Waals surface area contributed by atoms with E-state index in [1.165, 1.54) is 11.8 Å². The minimum atomic E-state index is -0.640. The number of halogens is 3. The molecule has 8 nitrogen and oxygen atoms in total. The van der Waals surface area contributed by atoms with E-state index in [4.69, 9.17) is 31.2 Å². The van der Waals surface area contributed by atoms with Crippen LogP contribution in [0.4, 0.5) is 11.6 Å². The number of aromatic nitrogens is 3. The first kappa shape index (κ1) is 34.1. The van der Waals surface area contributed by atoms with Gasteiger partial charge >= 0.3 is 0 Å². The maximum absolute atomic E-state index is 14.2. The average molecular weight is 810 g/mol. The number of fused-ring (bicyclic) bond motifs is 1. The number of ether oxygens (including phenoxy) is 2. The molecular formula is C36H32Br2ClN5O3S. The van der Waals surface area contributed by atoms with Crippen molar-refractivity contribution in [2.24, 2.45) is 0 Å². The Balaban J connectivity index is 1.38. The maximum Gasteiger partial charge on any atom is 0.255 e. The van der Waals surface area contributed by atoms with Gasteiger partial charge in [0.05, 0.1) is 17.2 Å². The molecular weight excluding hydrogens is 778 g/mol. The zero-order valence-electron chi connectivity index (χ0n) is 26.6. The molecule has 5 aromatic rings. The fraction of sp³-hybridized carbons (Fsp3) is 0.194. The smallest absolute Gasteiger partial charge is 0.255 e. The van der Waals surface area contributed by atoms with E-state index in [2.05, 4.69) is 42.5 Å². The number of nitrogens with zero attached hydrogens (tertiary/aromatic N) is 3. The Kier molecular flexibility index (Phi) is 10.5. The average Bonchev–Trinajstić information content (AvgIpc) is 3.46. The van der Waals surface area contributed by atoms with Crippen molar-refractivity contribution in [3.8, 4) is 11.5 Å². The van der Waals surface area contributed by atoms with E-state index >= 15 is 0 Å². The molecule has 1 aromatic heterocycles. The van der Waals surface area contributed by atoms with Gasteiger partial charge in [-0.05, 0) is 95.4 Å². The number of carbonyl (C=O) groups is 1. The van der Waals surface area contributed by atoms with Crippen LogP contribution in [-0.4, -0.2) is 27.8 Å². The Morgan fingerprint density at radius 2 is 1.85 bits per heavy atom. The number of carbonyl (C=O) groups excluding carboxylic acids is 1. The summed E-state index contributed by atoms with van der Waals surface area (Å²) in [5.41, 5.74) is 6.72. The van der Waals surface area contributed by atoms with Gasteiger partial charge in [0.2, 0.25) is 11.1 Å². The molecule has 2 heterocycles. The largest absolute Gasteiger partial charge is 0.493 e. The lowest BCUT2D eigenvalue weighted by Gasteiger charge is -2.29. The van der Waals surface area contributed by atoms with Crippen molar-refractivity contribution in [1.29, 1.82) is 0 Å². The normalized spacial score (nSPS) is 13.9. The van der Waals surface area contributed by atoms with Crippen LogP contribution in [0.15, 0.2) is 104 Å². The van der Waals surface area contributed by atoms with Gasteiger partial charge in [-0.3, -0.25) is 4.79 Å². The number of aryl methyl sites for hydroxylation is 2. The van der Waals surface area contributed by atoms with Gasteiger partial charge in [0.1, 0.15) is 12.6 Å². The van der Waals surface area contributed by atoms with Crippen LogP contribution in [0.1, 0.15) is 40.8 Å². The molecule has 1 unspecified atom stereocenters. The Hall–Kier alpha value is -3.77. The summed E-state index contributed by atoms with van der Waals surface area (Å²) in [5.74, 6) is 1.91. The quantitative estimate of drug-likeness (QED) is 0.136. The highest BCUT2D eigenvalue weighted by Crippen LogP contribution is 2.44. The van der Waals surface area contributed by atoms with Crippen LogP contribution in [0.25, 0.3) is 0 Å². The van der Waals surface area contributed by atoms with Crippen LogP contribution in [0.5, 0.6) is 11.5 Å². The van der Waals surface area contributed by atoms with Gasteiger partial charge in [0.25, 0.3) is 5.91 Å². The van der Waals surface area contributed by atoms with Crippen molar-refractivity contribution in [3.05, 3.63) is 132 Å². The SMILES string of the molecule is COc1cc(C2C(C(=O)Nc3ccc(C)cc3C)=C(C)Nc3nc(SCc4ccccc4Cl)nn32)cc(Br)c1OCc1cccc(Br)c1. The molecule has 0 saturated carbocycles. The predicted octanol–water partition coefficient (Wildman–Crippen LogP) is 9.88. The summed E-state index contributed by atoms with van der Waals surface area (Å²) in [7, 11) is 1.60. The third-order valence-electron chi connectivity index (χ3n) is 7.86. The summed E-state index contributed by atoms with van der Waals surface area (Å²) < 4.78 is 15.5. The molecule has 0 radical (unpaired) electrons. The van der Waals surface area contributed by atoms with Crippen LogP contribution in [0.2, 0.25) is 5.02 Å². The summed E-state index contributed by atoms with van der Waals surface area (Å²) in [6.45, 7) is 6.22.